The van der Waals surface area contributed by atoms with E-state index in [1.807, 2.05) is 48.5 Å². The van der Waals surface area contributed by atoms with E-state index in [1.165, 1.54) is 5.56 Å². The fraction of sp³-hybridized carbons (Fsp3) is 0.464. The van der Waals surface area contributed by atoms with Crippen LogP contribution in [0, 0.1) is 0 Å². The lowest BCUT2D eigenvalue weighted by Crippen LogP contribution is -2.61. The summed E-state index contributed by atoms with van der Waals surface area (Å²) >= 11 is 0. The van der Waals surface area contributed by atoms with E-state index in [4.69, 9.17) is 5.73 Å². The first-order valence-corrected chi connectivity index (χ1v) is 12.6. The maximum atomic E-state index is 13.4. The third-order valence-electron chi connectivity index (χ3n) is 6.54. The van der Waals surface area contributed by atoms with Gasteiger partial charge in [-0.3, -0.25) is 14.4 Å². The minimum atomic E-state index is -1.14. The second-order valence-electron chi connectivity index (χ2n) is 9.47. The molecule has 7 nitrogen and oxygen atoms in total. The average molecular weight is 479 g/mol. The number of hydrogen-bond acceptors (Lipinski definition) is 4. The molecule has 4 N–H and O–H groups in total. The van der Waals surface area contributed by atoms with Crippen molar-refractivity contribution in [1.82, 2.24) is 15.5 Å². The van der Waals surface area contributed by atoms with Gasteiger partial charge in [0.05, 0.1) is 0 Å². The summed E-state index contributed by atoms with van der Waals surface area (Å²) < 4.78 is 0. The van der Waals surface area contributed by atoms with Crippen LogP contribution in [-0.2, 0) is 27.2 Å². The van der Waals surface area contributed by atoms with Crippen LogP contribution in [0.15, 0.2) is 60.7 Å². The molecule has 2 aromatic rings. The maximum absolute atomic E-state index is 13.4. The molecule has 3 rings (SSSR count). The molecule has 0 bridgehead atoms. The van der Waals surface area contributed by atoms with Gasteiger partial charge in [0.1, 0.15) is 11.6 Å². The standard InChI is InChI=1S/C28H38N4O3/c1-28(27(35)30-19-10-18-29,21-23-13-6-3-7-14-23)31-26(34)24-16-9-20-32(24)25(33)17-8-15-22-11-4-2-5-12-22/h2-7,11-14,24H,8-10,15-21,29H2,1H3,(H,30,35)(H,31,34)/t24-,28?/m0/s1. The van der Waals surface area contributed by atoms with Crippen molar-refractivity contribution in [2.24, 2.45) is 5.73 Å². The summed E-state index contributed by atoms with van der Waals surface area (Å²) in [6.07, 6.45) is 4.37. The van der Waals surface area contributed by atoms with Crippen LogP contribution in [0.3, 0.4) is 0 Å². The topological polar surface area (TPSA) is 105 Å². The summed E-state index contributed by atoms with van der Waals surface area (Å²) in [6.45, 7) is 3.24. The Morgan fingerprint density at radius 3 is 2.31 bits per heavy atom. The summed E-state index contributed by atoms with van der Waals surface area (Å²) in [6, 6.07) is 19.2. The third kappa shape index (κ3) is 7.65. The number of nitrogens with two attached hydrogens (primary N) is 1. The summed E-state index contributed by atoms with van der Waals surface area (Å²) in [5.41, 5.74) is 6.57. The van der Waals surface area contributed by atoms with Crippen molar-refractivity contribution in [2.75, 3.05) is 19.6 Å². The molecule has 7 heteroatoms. The predicted octanol–water partition coefficient (Wildman–Crippen LogP) is 2.58. The Bertz CT molecular complexity index is 967. The molecule has 0 aromatic heterocycles. The zero-order valence-electron chi connectivity index (χ0n) is 20.7. The number of amides is 3. The molecule has 188 valence electrons. The highest BCUT2D eigenvalue weighted by Crippen LogP contribution is 2.22. The molecule has 2 aromatic carbocycles. The van der Waals surface area contributed by atoms with Crippen LogP contribution in [0.5, 0.6) is 0 Å². The minimum Gasteiger partial charge on any atom is -0.354 e. The summed E-state index contributed by atoms with van der Waals surface area (Å²) in [4.78, 5) is 41.2. The second-order valence-corrected chi connectivity index (χ2v) is 9.47. The number of rotatable bonds is 12. The fourth-order valence-corrected chi connectivity index (χ4v) is 4.61. The first-order valence-electron chi connectivity index (χ1n) is 12.6. The Hall–Kier alpha value is -3.19. The van der Waals surface area contributed by atoms with Crippen LogP contribution < -0.4 is 16.4 Å². The SMILES string of the molecule is CC(Cc1ccccc1)(NC(=O)[C@@H]1CCCN1C(=O)CCCc1ccccc1)C(=O)NCCCN. The maximum Gasteiger partial charge on any atom is 0.245 e. The number of nitrogens with one attached hydrogen (secondary N) is 2. The lowest BCUT2D eigenvalue weighted by Gasteiger charge is -2.33. The van der Waals surface area contributed by atoms with Crippen LogP contribution >= 0.6 is 0 Å². The molecule has 1 aliphatic heterocycles. The van der Waals surface area contributed by atoms with Gasteiger partial charge in [-0.1, -0.05) is 60.7 Å². The van der Waals surface area contributed by atoms with Gasteiger partial charge in [-0.25, -0.2) is 0 Å². The number of aryl methyl sites for hydroxylation is 1. The average Bonchev–Trinajstić information content (AvgIpc) is 3.36. The van der Waals surface area contributed by atoms with Gasteiger partial charge in [0.15, 0.2) is 0 Å². The monoisotopic (exact) mass is 478 g/mol. The number of benzene rings is 2. The molecular weight excluding hydrogens is 440 g/mol. The minimum absolute atomic E-state index is 0.00394. The van der Waals surface area contributed by atoms with E-state index < -0.39 is 11.6 Å². The number of carbonyl (C=O) groups is 3. The van der Waals surface area contributed by atoms with E-state index in [0.29, 0.717) is 45.3 Å². The van der Waals surface area contributed by atoms with E-state index >= 15 is 0 Å². The Balaban J connectivity index is 1.64. The molecule has 1 fully saturated rings. The van der Waals surface area contributed by atoms with Gasteiger partial charge < -0.3 is 21.3 Å². The van der Waals surface area contributed by atoms with Crippen LogP contribution in [0.1, 0.15) is 50.2 Å². The lowest BCUT2D eigenvalue weighted by atomic mass is 9.91. The van der Waals surface area contributed by atoms with E-state index in [1.54, 1.807) is 11.8 Å². The zero-order valence-corrected chi connectivity index (χ0v) is 20.7. The van der Waals surface area contributed by atoms with Crippen molar-refractivity contribution in [2.45, 2.75) is 63.5 Å². The summed E-state index contributed by atoms with van der Waals surface area (Å²) in [7, 11) is 0. The van der Waals surface area contributed by atoms with Crippen LogP contribution in [-0.4, -0.2) is 53.8 Å². The Morgan fingerprint density at radius 1 is 1.00 bits per heavy atom. The van der Waals surface area contributed by atoms with Crippen molar-refractivity contribution in [3.8, 4) is 0 Å². The van der Waals surface area contributed by atoms with E-state index in [9.17, 15) is 14.4 Å². The summed E-state index contributed by atoms with van der Waals surface area (Å²) in [5.74, 6) is -0.524. The van der Waals surface area contributed by atoms with Gasteiger partial charge in [-0.2, -0.15) is 0 Å². The van der Waals surface area contributed by atoms with Gasteiger partial charge in [-0.05, 0) is 56.7 Å². The molecule has 0 spiro atoms. The lowest BCUT2D eigenvalue weighted by molar-refractivity contribution is -0.141. The Morgan fingerprint density at radius 2 is 1.66 bits per heavy atom. The van der Waals surface area contributed by atoms with E-state index in [2.05, 4.69) is 22.8 Å². The highest BCUT2D eigenvalue weighted by Gasteiger charge is 2.40. The smallest absolute Gasteiger partial charge is 0.245 e. The van der Waals surface area contributed by atoms with Crippen LogP contribution in [0.2, 0.25) is 0 Å². The van der Waals surface area contributed by atoms with Gasteiger partial charge in [-0.15, -0.1) is 0 Å². The molecule has 1 saturated heterocycles. The normalized spacial score (nSPS) is 17.0. The quantitative estimate of drug-likeness (QED) is 0.408. The molecule has 2 atom stereocenters. The van der Waals surface area contributed by atoms with Crippen molar-refractivity contribution in [3.63, 3.8) is 0 Å². The van der Waals surface area contributed by atoms with Crippen molar-refractivity contribution < 1.29 is 14.4 Å². The van der Waals surface area contributed by atoms with Crippen molar-refractivity contribution >= 4 is 17.7 Å². The predicted molar refractivity (Wildman–Crippen MR) is 137 cm³/mol. The first-order chi connectivity index (χ1) is 16.9. The molecule has 0 radical (unpaired) electrons. The summed E-state index contributed by atoms with van der Waals surface area (Å²) in [5, 5.41) is 5.90. The molecular formula is C28H38N4O3. The van der Waals surface area contributed by atoms with Crippen molar-refractivity contribution in [3.05, 3.63) is 71.8 Å². The molecule has 35 heavy (non-hydrogen) atoms. The van der Waals surface area contributed by atoms with Gasteiger partial charge in [0.25, 0.3) is 0 Å². The molecule has 1 heterocycles. The van der Waals surface area contributed by atoms with Crippen LogP contribution in [0.25, 0.3) is 0 Å². The van der Waals surface area contributed by atoms with Crippen molar-refractivity contribution in [1.29, 1.82) is 0 Å². The van der Waals surface area contributed by atoms with Gasteiger partial charge in [0.2, 0.25) is 17.7 Å². The molecule has 1 aliphatic rings. The van der Waals surface area contributed by atoms with Crippen LogP contribution in [0.4, 0.5) is 0 Å². The van der Waals surface area contributed by atoms with E-state index in [0.717, 1.165) is 24.8 Å². The Labute approximate surface area is 208 Å². The van der Waals surface area contributed by atoms with E-state index in [-0.39, 0.29) is 17.7 Å². The van der Waals surface area contributed by atoms with Gasteiger partial charge in [0, 0.05) is 25.9 Å². The number of nitrogens with zero attached hydrogens (tertiary/aromatic N) is 1. The first kappa shape index (κ1) is 26.4. The molecule has 1 unspecified atom stereocenters. The third-order valence-corrected chi connectivity index (χ3v) is 6.54. The molecule has 0 saturated carbocycles. The zero-order chi connectivity index (χ0) is 25.1. The Kier molecular flexibility index (Phi) is 9.85. The number of carbonyl (C=O) groups excluding carboxylic acids is 3. The second kappa shape index (κ2) is 13.0. The number of likely N-dealkylation sites (tertiary alicyclic amines) is 1. The fourth-order valence-electron chi connectivity index (χ4n) is 4.61. The highest BCUT2D eigenvalue weighted by atomic mass is 16.2. The molecule has 3 amide bonds. The number of hydrogen-bond donors (Lipinski definition) is 3. The van der Waals surface area contributed by atoms with Gasteiger partial charge >= 0.3 is 0 Å². The highest BCUT2D eigenvalue weighted by molar-refractivity contribution is 5.94. The largest absolute Gasteiger partial charge is 0.354 e. The molecule has 0 aliphatic carbocycles.